The lowest BCUT2D eigenvalue weighted by Crippen LogP contribution is -2.29. The highest BCUT2D eigenvalue weighted by atomic mass is 32.2. The number of hydrogen-bond donors (Lipinski definition) is 0. The molecule has 2 aromatic rings. The number of ether oxygens (including phenoxy) is 1. The van der Waals surface area contributed by atoms with Gasteiger partial charge < -0.3 is 9.64 Å². The third-order valence-electron chi connectivity index (χ3n) is 3.22. The normalized spacial score (nSPS) is 10.2. The van der Waals surface area contributed by atoms with Crippen LogP contribution in [0.3, 0.4) is 0 Å². The summed E-state index contributed by atoms with van der Waals surface area (Å²) in [6.45, 7) is 0. The molecule has 2 rings (SSSR count). The lowest BCUT2D eigenvalue weighted by atomic mass is 10.1. The molecule has 0 aliphatic heterocycles. The summed E-state index contributed by atoms with van der Waals surface area (Å²) in [7, 11) is 2.90. The van der Waals surface area contributed by atoms with E-state index >= 15 is 0 Å². The maximum Gasteiger partial charge on any atom is 0.339 e. The molecule has 0 atom stereocenters. The molecule has 23 heavy (non-hydrogen) atoms. The van der Waals surface area contributed by atoms with Crippen molar-refractivity contribution in [3.05, 3.63) is 59.9 Å². The molecule has 0 fully saturated rings. The van der Waals surface area contributed by atoms with E-state index in [9.17, 15) is 14.0 Å². The highest BCUT2D eigenvalue weighted by Crippen LogP contribution is 2.23. The standard InChI is InChI=1S/C17H16FNO3S/c1-19(15-6-4-3-5-14(15)17(21)22-2)16(20)11-23-13-9-7-12(18)8-10-13/h3-10H,11H2,1-2H3. The minimum absolute atomic E-state index is 0.171. The fourth-order valence-corrected chi connectivity index (χ4v) is 2.77. The summed E-state index contributed by atoms with van der Waals surface area (Å²) in [5.41, 5.74) is 0.821. The first-order chi connectivity index (χ1) is 11.0. The molecule has 0 saturated carbocycles. The van der Waals surface area contributed by atoms with E-state index in [0.717, 1.165) is 4.90 Å². The van der Waals surface area contributed by atoms with E-state index in [-0.39, 0.29) is 17.5 Å². The summed E-state index contributed by atoms with van der Waals surface area (Å²) < 4.78 is 17.6. The largest absolute Gasteiger partial charge is 0.465 e. The van der Waals surface area contributed by atoms with Crippen molar-refractivity contribution in [2.24, 2.45) is 0 Å². The Balaban J connectivity index is 2.08. The molecule has 0 aliphatic rings. The number of amides is 1. The lowest BCUT2D eigenvalue weighted by Gasteiger charge is -2.19. The molecule has 6 heteroatoms. The number of thioether (sulfide) groups is 1. The Kier molecular flexibility index (Phi) is 5.76. The summed E-state index contributed by atoms with van der Waals surface area (Å²) >= 11 is 1.31. The van der Waals surface area contributed by atoms with Crippen LogP contribution in [0.5, 0.6) is 0 Å². The third-order valence-corrected chi connectivity index (χ3v) is 4.22. The number of halogens is 1. The van der Waals surface area contributed by atoms with Gasteiger partial charge in [0.05, 0.1) is 24.1 Å². The fraction of sp³-hybridized carbons (Fsp3) is 0.176. The first kappa shape index (κ1) is 17.0. The highest BCUT2D eigenvalue weighted by molar-refractivity contribution is 8.00. The zero-order valence-corrected chi connectivity index (χ0v) is 13.6. The van der Waals surface area contributed by atoms with Gasteiger partial charge in [-0.1, -0.05) is 12.1 Å². The van der Waals surface area contributed by atoms with Gasteiger partial charge in [-0.05, 0) is 36.4 Å². The van der Waals surface area contributed by atoms with Crippen molar-refractivity contribution < 1.29 is 18.7 Å². The van der Waals surface area contributed by atoms with Gasteiger partial charge in [0, 0.05) is 11.9 Å². The maximum absolute atomic E-state index is 12.9. The average molecular weight is 333 g/mol. The second-order valence-electron chi connectivity index (χ2n) is 4.70. The molecule has 120 valence electrons. The van der Waals surface area contributed by atoms with E-state index < -0.39 is 5.97 Å². The van der Waals surface area contributed by atoms with Crippen LogP contribution in [0.25, 0.3) is 0 Å². The van der Waals surface area contributed by atoms with Crippen molar-refractivity contribution in [1.29, 1.82) is 0 Å². The van der Waals surface area contributed by atoms with Gasteiger partial charge in [0.15, 0.2) is 0 Å². The molecule has 2 aromatic carbocycles. The zero-order valence-electron chi connectivity index (χ0n) is 12.8. The quantitative estimate of drug-likeness (QED) is 0.622. The van der Waals surface area contributed by atoms with Crippen molar-refractivity contribution in [2.75, 3.05) is 24.8 Å². The predicted molar refractivity (Wildman–Crippen MR) is 88.3 cm³/mol. The monoisotopic (exact) mass is 333 g/mol. The molecule has 1 amide bonds. The van der Waals surface area contributed by atoms with Gasteiger partial charge in [0.25, 0.3) is 0 Å². The van der Waals surface area contributed by atoms with E-state index in [1.807, 2.05) is 0 Å². The van der Waals surface area contributed by atoms with Crippen LogP contribution in [0.2, 0.25) is 0 Å². The van der Waals surface area contributed by atoms with Crippen molar-refractivity contribution in [3.8, 4) is 0 Å². The number of hydrogen-bond acceptors (Lipinski definition) is 4. The van der Waals surface area contributed by atoms with Gasteiger partial charge in [0.1, 0.15) is 5.82 Å². The second-order valence-corrected chi connectivity index (χ2v) is 5.75. The van der Waals surface area contributed by atoms with Gasteiger partial charge in [-0.25, -0.2) is 9.18 Å². The number of anilines is 1. The summed E-state index contributed by atoms with van der Waals surface area (Å²) in [6.07, 6.45) is 0. The molecular formula is C17H16FNO3S. The Morgan fingerprint density at radius 1 is 1.13 bits per heavy atom. The van der Waals surface area contributed by atoms with E-state index in [2.05, 4.69) is 0 Å². The topological polar surface area (TPSA) is 46.6 Å². The van der Waals surface area contributed by atoms with Crippen molar-refractivity contribution >= 4 is 29.3 Å². The molecule has 0 heterocycles. The fourth-order valence-electron chi connectivity index (χ4n) is 1.96. The number of esters is 1. The summed E-state index contributed by atoms with van der Waals surface area (Å²) in [6, 6.07) is 12.7. The number of methoxy groups -OCH3 is 1. The summed E-state index contributed by atoms with van der Waals surface area (Å²) in [5, 5.41) is 0. The molecule has 0 bridgehead atoms. The average Bonchev–Trinajstić information content (AvgIpc) is 2.59. The molecule has 0 N–H and O–H groups in total. The summed E-state index contributed by atoms with van der Waals surface area (Å²) in [4.78, 5) is 26.3. The third kappa shape index (κ3) is 4.32. The molecule has 0 aliphatic carbocycles. The Bertz CT molecular complexity index is 703. The number of carbonyl (C=O) groups excluding carboxylic acids is 2. The van der Waals surface area contributed by atoms with E-state index in [1.54, 1.807) is 43.4 Å². The molecule has 0 unspecified atom stereocenters. The van der Waals surface area contributed by atoms with Crippen molar-refractivity contribution in [2.45, 2.75) is 4.90 Å². The molecular weight excluding hydrogens is 317 g/mol. The smallest absolute Gasteiger partial charge is 0.339 e. The molecule has 0 spiro atoms. The molecule has 4 nitrogen and oxygen atoms in total. The first-order valence-corrected chi connectivity index (χ1v) is 7.83. The van der Waals surface area contributed by atoms with Crippen LogP contribution >= 0.6 is 11.8 Å². The van der Waals surface area contributed by atoms with Crippen molar-refractivity contribution in [1.82, 2.24) is 0 Å². The Labute approximate surface area is 138 Å². The van der Waals surface area contributed by atoms with Crippen LogP contribution in [-0.2, 0) is 9.53 Å². The summed E-state index contributed by atoms with van der Waals surface area (Å²) in [5.74, 6) is -0.801. The van der Waals surface area contributed by atoms with Gasteiger partial charge in [-0.2, -0.15) is 0 Å². The number of nitrogens with zero attached hydrogens (tertiary/aromatic N) is 1. The zero-order chi connectivity index (χ0) is 16.8. The highest BCUT2D eigenvalue weighted by Gasteiger charge is 2.18. The van der Waals surface area contributed by atoms with Crippen LogP contribution in [0.4, 0.5) is 10.1 Å². The Morgan fingerprint density at radius 3 is 2.43 bits per heavy atom. The van der Waals surface area contributed by atoms with E-state index in [4.69, 9.17) is 4.74 Å². The predicted octanol–water partition coefficient (Wildman–Crippen LogP) is 3.37. The minimum atomic E-state index is -0.494. The van der Waals surface area contributed by atoms with Gasteiger partial charge in [-0.3, -0.25) is 4.79 Å². The van der Waals surface area contributed by atoms with Crippen LogP contribution in [-0.4, -0.2) is 31.8 Å². The first-order valence-electron chi connectivity index (χ1n) is 6.85. The van der Waals surface area contributed by atoms with Crippen LogP contribution in [0.1, 0.15) is 10.4 Å². The number of benzene rings is 2. The molecule has 0 saturated heterocycles. The van der Waals surface area contributed by atoms with Crippen LogP contribution in [0, 0.1) is 5.82 Å². The SMILES string of the molecule is COC(=O)c1ccccc1N(C)C(=O)CSc1ccc(F)cc1. The van der Waals surface area contributed by atoms with Gasteiger partial charge in [-0.15, -0.1) is 11.8 Å². The lowest BCUT2D eigenvalue weighted by molar-refractivity contribution is -0.115. The Hall–Kier alpha value is -2.34. The van der Waals surface area contributed by atoms with Gasteiger partial charge >= 0.3 is 5.97 Å². The number of rotatable bonds is 5. The second kappa shape index (κ2) is 7.78. The van der Waals surface area contributed by atoms with Crippen LogP contribution in [0.15, 0.2) is 53.4 Å². The number of carbonyl (C=O) groups is 2. The number of para-hydroxylation sites is 1. The van der Waals surface area contributed by atoms with E-state index in [1.165, 1.54) is 35.9 Å². The molecule has 0 radical (unpaired) electrons. The van der Waals surface area contributed by atoms with Crippen molar-refractivity contribution in [3.63, 3.8) is 0 Å². The minimum Gasteiger partial charge on any atom is -0.465 e. The maximum atomic E-state index is 12.9. The molecule has 0 aromatic heterocycles. The van der Waals surface area contributed by atoms with Gasteiger partial charge in [0.2, 0.25) is 5.91 Å². The van der Waals surface area contributed by atoms with E-state index in [0.29, 0.717) is 11.3 Å². The van der Waals surface area contributed by atoms with Crippen LogP contribution < -0.4 is 4.90 Å². The Morgan fingerprint density at radius 2 is 1.78 bits per heavy atom.